The zero-order valence-electron chi connectivity index (χ0n) is 37.5. The van der Waals surface area contributed by atoms with Crippen LogP contribution in [-0.4, -0.2) is 0 Å². The highest BCUT2D eigenvalue weighted by atomic mass is 16.5. The zero-order valence-corrected chi connectivity index (χ0v) is 37.5. The molecule has 0 N–H and O–H groups in total. The molecular formula is C68H40O. The summed E-state index contributed by atoms with van der Waals surface area (Å²) in [7, 11) is 0. The van der Waals surface area contributed by atoms with Crippen LogP contribution < -0.4 is 4.74 Å². The topological polar surface area (TPSA) is 9.23 Å². The Bertz CT molecular complexity index is 3720. The number of ether oxygens (including phenoxy) is 1. The van der Waals surface area contributed by atoms with E-state index in [0.29, 0.717) is 0 Å². The Hall–Kier alpha value is -8.78. The van der Waals surface area contributed by atoms with E-state index in [1.165, 1.54) is 111 Å². The summed E-state index contributed by atoms with van der Waals surface area (Å²) in [5, 5.41) is 0. The van der Waals surface area contributed by atoms with Gasteiger partial charge in [-0.15, -0.1) is 0 Å². The van der Waals surface area contributed by atoms with Crippen LogP contribution in [0.15, 0.2) is 243 Å². The van der Waals surface area contributed by atoms with Gasteiger partial charge in [-0.25, -0.2) is 0 Å². The van der Waals surface area contributed by atoms with Crippen molar-refractivity contribution in [2.24, 2.45) is 0 Å². The molecule has 4 aliphatic carbocycles. The van der Waals surface area contributed by atoms with Gasteiger partial charge in [0.25, 0.3) is 0 Å². The normalized spacial score (nSPS) is 14.4. The molecule has 69 heavy (non-hydrogen) atoms. The predicted octanol–water partition coefficient (Wildman–Crippen LogP) is 17.1. The van der Waals surface area contributed by atoms with Crippen LogP contribution in [0.5, 0.6) is 11.5 Å². The summed E-state index contributed by atoms with van der Waals surface area (Å²) in [5.74, 6) is 1.71. The maximum Gasteiger partial charge on any atom is 0.135 e. The summed E-state index contributed by atoms with van der Waals surface area (Å²) in [6.45, 7) is 0. The zero-order chi connectivity index (χ0) is 45.0. The molecule has 11 aromatic carbocycles. The van der Waals surface area contributed by atoms with Crippen molar-refractivity contribution in [1.29, 1.82) is 0 Å². The first-order valence-electron chi connectivity index (χ1n) is 24.2. The van der Waals surface area contributed by atoms with Crippen LogP contribution in [-0.2, 0) is 10.8 Å². The van der Waals surface area contributed by atoms with Crippen molar-refractivity contribution in [2.45, 2.75) is 10.8 Å². The summed E-state index contributed by atoms with van der Waals surface area (Å²) in [4.78, 5) is 0. The number of hydrogen-bond acceptors (Lipinski definition) is 1. The minimum atomic E-state index is -0.399. The van der Waals surface area contributed by atoms with Crippen molar-refractivity contribution in [3.8, 4) is 101 Å². The molecular weight excluding hydrogens is 833 g/mol. The van der Waals surface area contributed by atoms with Gasteiger partial charge in [-0.3, -0.25) is 0 Å². The molecule has 16 rings (SSSR count). The average Bonchev–Trinajstić information content (AvgIpc) is 4.08. The van der Waals surface area contributed by atoms with E-state index in [9.17, 15) is 0 Å². The minimum absolute atomic E-state index is 0.399. The first-order valence-corrected chi connectivity index (χ1v) is 24.2. The summed E-state index contributed by atoms with van der Waals surface area (Å²) in [6, 6.07) is 90.8. The molecule has 0 bridgehead atoms. The lowest BCUT2D eigenvalue weighted by Crippen LogP contribution is -2.25. The van der Waals surface area contributed by atoms with Crippen molar-refractivity contribution in [2.75, 3.05) is 0 Å². The number of rotatable bonds is 2. The van der Waals surface area contributed by atoms with Gasteiger partial charge in [0.05, 0.1) is 10.8 Å². The molecule has 1 heterocycles. The lowest BCUT2D eigenvalue weighted by atomic mass is 9.70. The second kappa shape index (κ2) is 13.4. The summed E-state index contributed by atoms with van der Waals surface area (Å²) < 4.78 is 7.07. The van der Waals surface area contributed by atoms with E-state index in [1.54, 1.807) is 0 Å². The van der Waals surface area contributed by atoms with Crippen molar-refractivity contribution < 1.29 is 4.74 Å². The summed E-state index contributed by atoms with van der Waals surface area (Å²) in [5.41, 5.74) is 29.8. The smallest absolute Gasteiger partial charge is 0.135 e. The molecule has 0 atom stereocenters. The quantitative estimate of drug-likeness (QED) is 0.168. The van der Waals surface area contributed by atoms with Gasteiger partial charge < -0.3 is 4.74 Å². The largest absolute Gasteiger partial charge is 0.456 e. The average molecular weight is 873 g/mol. The fourth-order valence-corrected chi connectivity index (χ4v) is 13.8. The highest BCUT2D eigenvalue weighted by Gasteiger charge is 2.53. The Labute approximate surface area is 401 Å². The molecule has 0 saturated carbocycles. The molecule has 5 aliphatic rings. The van der Waals surface area contributed by atoms with Gasteiger partial charge in [0, 0.05) is 11.1 Å². The van der Waals surface area contributed by atoms with Gasteiger partial charge in [0.2, 0.25) is 0 Å². The van der Waals surface area contributed by atoms with Gasteiger partial charge in [-0.2, -0.15) is 0 Å². The molecule has 1 aliphatic heterocycles. The Kier molecular flexibility index (Phi) is 7.27. The maximum atomic E-state index is 7.07. The van der Waals surface area contributed by atoms with Gasteiger partial charge in [0.15, 0.2) is 0 Å². The number of fused-ring (bicyclic) bond motifs is 25. The fraction of sp³-hybridized carbons (Fsp3) is 0.0294. The van der Waals surface area contributed by atoms with E-state index >= 15 is 0 Å². The third kappa shape index (κ3) is 4.56. The molecule has 0 aromatic heterocycles. The molecule has 0 unspecified atom stereocenters. The van der Waals surface area contributed by atoms with Gasteiger partial charge in [-0.05, 0) is 147 Å². The van der Waals surface area contributed by atoms with Crippen LogP contribution in [0.25, 0.3) is 89.0 Å². The van der Waals surface area contributed by atoms with Crippen molar-refractivity contribution in [3.05, 3.63) is 287 Å². The molecule has 318 valence electrons. The standard InChI is InChI=1S/C68H40O/c1-2-18-46-45(17-1)53-39-41(43-25-15-33-61-65(43)51-23-7-13-31-59(51)67(61)55-27-9-3-19-47(55)48-20-4-10-28-56(48)67)35-37-63(53)69-64-38-36-42(40-54(46)64)44-26-16-34-62-66(44)52-24-8-14-32-60(52)68(62)57-29-11-5-21-49(57)50-22-6-12-30-58(50)68/h1-40H. The minimum Gasteiger partial charge on any atom is -0.456 e. The molecule has 0 amide bonds. The lowest BCUT2D eigenvalue weighted by Gasteiger charge is -2.30. The Morgan fingerprint density at radius 1 is 0.203 bits per heavy atom. The Morgan fingerprint density at radius 2 is 0.478 bits per heavy atom. The van der Waals surface area contributed by atoms with Crippen molar-refractivity contribution in [3.63, 3.8) is 0 Å². The van der Waals surface area contributed by atoms with Crippen molar-refractivity contribution >= 4 is 0 Å². The van der Waals surface area contributed by atoms with E-state index in [1.807, 2.05) is 0 Å². The van der Waals surface area contributed by atoms with E-state index in [2.05, 4.69) is 243 Å². The predicted molar refractivity (Wildman–Crippen MR) is 281 cm³/mol. The van der Waals surface area contributed by atoms with Crippen LogP contribution in [0.4, 0.5) is 0 Å². The van der Waals surface area contributed by atoms with Crippen LogP contribution in [0, 0.1) is 0 Å². The van der Waals surface area contributed by atoms with Gasteiger partial charge in [-0.1, -0.05) is 218 Å². The fourth-order valence-electron chi connectivity index (χ4n) is 13.8. The summed E-state index contributed by atoms with van der Waals surface area (Å²) >= 11 is 0. The molecule has 11 aromatic rings. The number of benzene rings is 11. The highest BCUT2D eigenvalue weighted by Crippen LogP contribution is 2.66. The van der Waals surface area contributed by atoms with Crippen LogP contribution >= 0.6 is 0 Å². The first kappa shape index (κ1) is 37.3. The number of hydrogen-bond donors (Lipinski definition) is 0. The molecule has 2 spiro atoms. The molecule has 1 heteroatoms. The Balaban J connectivity index is 0.860. The van der Waals surface area contributed by atoms with Gasteiger partial charge >= 0.3 is 0 Å². The summed E-state index contributed by atoms with van der Waals surface area (Å²) in [6.07, 6.45) is 0. The van der Waals surface area contributed by atoms with Crippen LogP contribution in [0.3, 0.4) is 0 Å². The van der Waals surface area contributed by atoms with Crippen molar-refractivity contribution in [1.82, 2.24) is 0 Å². The third-order valence-electron chi connectivity index (χ3n) is 16.4. The second-order valence-corrected chi connectivity index (χ2v) is 19.3. The highest BCUT2D eigenvalue weighted by molar-refractivity contribution is 6.03. The first-order chi connectivity index (χ1) is 34.2. The second-order valence-electron chi connectivity index (χ2n) is 19.3. The third-order valence-corrected chi connectivity index (χ3v) is 16.4. The Morgan fingerprint density at radius 3 is 0.841 bits per heavy atom. The van der Waals surface area contributed by atoms with E-state index in [0.717, 1.165) is 33.8 Å². The van der Waals surface area contributed by atoms with E-state index < -0.39 is 10.8 Å². The van der Waals surface area contributed by atoms with Crippen LogP contribution in [0.2, 0.25) is 0 Å². The SMILES string of the molecule is c1ccc2c(c1)-c1cc(-c3cccc4c3-c3ccccc3C43c4ccccc4-c4ccccc43)ccc1Oc1ccc(-c3cccc4c3-c3ccccc3C43c4ccccc4-c4ccccc43)cc1-2. The maximum absolute atomic E-state index is 7.07. The monoisotopic (exact) mass is 872 g/mol. The molecule has 0 saturated heterocycles. The van der Waals surface area contributed by atoms with E-state index in [4.69, 9.17) is 4.74 Å². The lowest BCUT2D eigenvalue weighted by molar-refractivity contribution is 0.488. The molecule has 1 nitrogen and oxygen atoms in total. The van der Waals surface area contributed by atoms with Gasteiger partial charge in [0.1, 0.15) is 11.5 Å². The molecule has 0 radical (unpaired) electrons. The molecule has 0 fully saturated rings. The van der Waals surface area contributed by atoms with Crippen LogP contribution in [0.1, 0.15) is 44.5 Å². The van der Waals surface area contributed by atoms with E-state index in [-0.39, 0.29) is 0 Å².